The predicted octanol–water partition coefficient (Wildman–Crippen LogP) is -0.899. The first-order chi connectivity index (χ1) is 22.6. The number of aliphatic hydroxyl groups is 4. The summed E-state index contributed by atoms with van der Waals surface area (Å²) in [5.74, 6) is -4.99. The third kappa shape index (κ3) is 3.30. The molecule has 1 spiro atoms. The van der Waals surface area contributed by atoms with Crippen LogP contribution in [0.25, 0.3) is 0 Å². The summed E-state index contributed by atoms with van der Waals surface area (Å²) in [6.07, 6.45) is -8.13. The maximum Gasteiger partial charge on any atom is 0.335 e. The Kier molecular flexibility index (Phi) is 6.85. The zero-order valence-corrected chi connectivity index (χ0v) is 27.7. The van der Waals surface area contributed by atoms with Crippen molar-refractivity contribution in [2.24, 2.45) is 34.0 Å². The van der Waals surface area contributed by atoms with Gasteiger partial charge in [0, 0.05) is 47.0 Å². The summed E-state index contributed by atoms with van der Waals surface area (Å²) in [6, 6.07) is 0. The number of methoxy groups -OCH3 is 2. The first-order valence-electron chi connectivity index (χ1n) is 16.6. The van der Waals surface area contributed by atoms with Crippen molar-refractivity contribution in [3.63, 3.8) is 0 Å². The zero-order valence-electron chi connectivity index (χ0n) is 27.7. The molecule has 15 nitrogen and oxygen atoms in total. The van der Waals surface area contributed by atoms with Gasteiger partial charge in [-0.3, -0.25) is 4.79 Å². The minimum Gasteiger partial charge on any atom is -0.468 e. The fraction of sp³-hybridized carbons (Fsp3) is 0.848. The van der Waals surface area contributed by atoms with Gasteiger partial charge in [0.15, 0.2) is 18.7 Å². The minimum atomic E-state index is -1.95. The maximum atomic E-state index is 14.1. The summed E-state index contributed by atoms with van der Waals surface area (Å²) in [5, 5.41) is 48.1. The number of carbonyl (C=O) groups excluding carboxylic acids is 3. The van der Waals surface area contributed by atoms with Crippen molar-refractivity contribution >= 4 is 17.9 Å². The Morgan fingerprint density at radius 3 is 2.35 bits per heavy atom. The summed E-state index contributed by atoms with van der Waals surface area (Å²) in [6.45, 7) is 6.20. The molecule has 5 heterocycles. The van der Waals surface area contributed by atoms with E-state index in [0.717, 1.165) is 0 Å². The van der Waals surface area contributed by atoms with Crippen LogP contribution in [0.5, 0.6) is 0 Å². The van der Waals surface area contributed by atoms with E-state index in [1.54, 1.807) is 33.8 Å². The fourth-order valence-corrected chi connectivity index (χ4v) is 12.2. The molecular formula is C33H44O15. The van der Waals surface area contributed by atoms with E-state index < -0.39 is 118 Å². The highest BCUT2D eigenvalue weighted by Crippen LogP contribution is 2.79. The van der Waals surface area contributed by atoms with E-state index in [1.165, 1.54) is 14.2 Å². The first-order valence-corrected chi connectivity index (χ1v) is 16.6. The van der Waals surface area contributed by atoms with Crippen molar-refractivity contribution < 1.29 is 72.7 Å². The van der Waals surface area contributed by atoms with Crippen molar-refractivity contribution in [2.75, 3.05) is 27.4 Å². The quantitative estimate of drug-likeness (QED) is 0.161. The van der Waals surface area contributed by atoms with Crippen molar-refractivity contribution in [3.05, 3.63) is 11.6 Å². The predicted molar refractivity (Wildman–Crippen MR) is 155 cm³/mol. The van der Waals surface area contributed by atoms with Crippen LogP contribution in [0.1, 0.15) is 47.0 Å². The second kappa shape index (κ2) is 9.98. The lowest BCUT2D eigenvalue weighted by atomic mass is 9.38. The first kappa shape index (κ1) is 33.0. The van der Waals surface area contributed by atoms with Gasteiger partial charge >= 0.3 is 17.9 Å². The van der Waals surface area contributed by atoms with E-state index in [9.17, 15) is 34.8 Å². The molecular weight excluding hydrogens is 636 g/mol. The molecule has 48 heavy (non-hydrogen) atoms. The van der Waals surface area contributed by atoms with E-state index in [-0.39, 0.29) is 32.5 Å². The summed E-state index contributed by atoms with van der Waals surface area (Å²) in [5.41, 5.74) is -9.53. The molecule has 2 unspecified atom stereocenters. The van der Waals surface area contributed by atoms with Crippen LogP contribution in [0.15, 0.2) is 11.6 Å². The molecule has 0 amide bonds. The lowest BCUT2D eigenvalue weighted by molar-refractivity contribution is -0.307. The average molecular weight is 681 g/mol. The summed E-state index contributed by atoms with van der Waals surface area (Å²) < 4.78 is 48.3. The molecule has 0 radical (unpaired) electrons. The zero-order chi connectivity index (χ0) is 34.6. The fourth-order valence-electron chi connectivity index (χ4n) is 12.2. The number of carbonyl (C=O) groups is 3. The minimum absolute atomic E-state index is 0.147. The molecule has 0 aromatic heterocycles. The van der Waals surface area contributed by atoms with Gasteiger partial charge in [0.25, 0.3) is 0 Å². The van der Waals surface area contributed by atoms with Crippen molar-refractivity contribution in [2.45, 2.75) is 113 Å². The molecule has 5 aliphatic heterocycles. The average Bonchev–Trinajstić information content (AvgIpc) is 3.81. The van der Waals surface area contributed by atoms with Gasteiger partial charge in [0.1, 0.15) is 28.3 Å². The van der Waals surface area contributed by atoms with Crippen LogP contribution >= 0.6 is 0 Å². The van der Waals surface area contributed by atoms with Crippen LogP contribution in [0.3, 0.4) is 0 Å². The SMILES string of the molecule is C/C=C(\C)C(=O)O[C@@H]1C[C@H](O)[C@@]23CO[C@H](C(=O)OC)C2[C@@]2(C)[C@H](O[C@]4(C)C5C[C@H](O[C@@H]6O[C@H](O)C[C@@]56O)[C@]24O)[C@@H]2OC[C@@]1(C(=O)OC)[C@H]23. The van der Waals surface area contributed by atoms with E-state index in [2.05, 4.69) is 0 Å². The molecule has 4 N–H and O–H groups in total. The lowest BCUT2D eigenvalue weighted by Gasteiger charge is -2.65. The van der Waals surface area contributed by atoms with Gasteiger partial charge in [-0.15, -0.1) is 0 Å². The largest absolute Gasteiger partial charge is 0.468 e. The molecule has 3 saturated carbocycles. The van der Waals surface area contributed by atoms with Gasteiger partial charge in [-0.05, 0) is 27.2 Å². The van der Waals surface area contributed by atoms with Gasteiger partial charge in [-0.1, -0.05) is 13.0 Å². The summed E-state index contributed by atoms with van der Waals surface area (Å²) in [4.78, 5) is 40.9. The Labute approximate surface area is 276 Å². The molecule has 2 bridgehead atoms. The Bertz CT molecular complexity index is 1480. The number of esters is 3. The molecule has 3 aliphatic carbocycles. The van der Waals surface area contributed by atoms with Gasteiger partial charge in [-0.25, -0.2) is 9.59 Å². The summed E-state index contributed by atoms with van der Waals surface area (Å²) in [7, 11) is 2.43. The molecule has 266 valence electrons. The highest BCUT2D eigenvalue weighted by molar-refractivity contribution is 5.88. The smallest absolute Gasteiger partial charge is 0.335 e. The summed E-state index contributed by atoms with van der Waals surface area (Å²) >= 11 is 0. The van der Waals surface area contributed by atoms with Gasteiger partial charge in [-0.2, -0.15) is 0 Å². The van der Waals surface area contributed by atoms with Crippen LogP contribution in [-0.4, -0.2) is 132 Å². The molecule has 8 fully saturated rings. The third-order valence-electron chi connectivity index (χ3n) is 14.2. The van der Waals surface area contributed by atoms with Crippen molar-refractivity contribution in [3.8, 4) is 0 Å². The Balaban J connectivity index is 1.34. The van der Waals surface area contributed by atoms with Crippen LogP contribution in [0.4, 0.5) is 0 Å². The number of hydrogen-bond donors (Lipinski definition) is 4. The van der Waals surface area contributed by atoms with Gasteiger partial charge in [0.2, 0.25) is 0 Å². The molecule has 0 aromatic rings. The molecule has 8 aliphatic rings. The topological polar surface area (TPSA) is 206 Å². The van der Waals surface area contributed by atoms with E-state index >= 15 is 0 Å². The van der Waals surface area contributed by atoms with Crippen LogP contribution < -0.4 is 0 Å². The molecule has 0 aromatic carbocycles. The monoisotopic (exact) mass is 680 g/mol. The normalized spacial score (nSPS) is 57.2. The highest BCUT2D eigenvalue weighted by Gasteiger charge is 2.92. The standard InChI is InChI=1S/C33H44O15/c1-7-13(2)24(36)45-16-9-15(34)30-11-44-20(25(37)41-5)21(30)28(3)23(19-22(30)31(16,12-43-19)26(38)42-6)48-29(4)14-8-17(33(28,29)40)46-27-32(14,39)10-18(35)47-27/h7,14-23,27,34-35,39-40H,8-12H2,1-6H3/b13-7+/t14?,15-,16+,17-,18-,19+,20-,21?,22+,23+,27+,28-,29+,30-,31-,32+,33-/m0/s1. The molecule has 17 atom stereocenters. The van der Waals surface area contributed by atoms with Crippen molar-refractivity contribution in [1.82, 2.24) is 0 Å². The number of ether oxygens (including phenoxy) is 8. The van der Waals surface area contributed by atoms with Gasteiger partial charge < -0.3 is 58.3 Å². The van der Waals surface area contributed by atoms with Gasteiger partial charge in [0.05, 0.1) is 51.8 Å². The highest BCUT2D eigenvalue weighted by atomic mass is 16.8. The number of hydrogen-bond acceptors (Lipinski definition) is 15. The molecule has 8 rings (SSSR count). The van der Waals surface area contributed by atoms with Crippen molar-refractivity contribution in [1.29, 1.82) is 0 Å². The second-order valence-corrected chi connectivity index (χ2v) is 15.5. The Morgan fingerprint density at radius 2 is 1.69 bits per heavy atom. The second-order valence-electron chi connectivity index (χ2n) is 15.5. The van der Waals surface area contributed by atoms with E-state index in [4.69, 9.17) is 37.9 Å². The molecule has 5 saturated heterocycles. The Hall–Kier alpha value is -2.21. The van der Waals surface area contributed by atoms with Crippen LogP contribution in [0, 0.1) is 34.0 Å². The Morgan fingerprint density at radius 1 is 0.958 bits per heavy atom. The number of allylic oxidation sites excluding steroid dienone is 1. The van der Waals surface area contributed by atoms with E-state index in [1.807, 2.05) is 0 Å². The number of fused-ring (bicyclic) bond motifs is 11. The van der Waals surface area contributed by atoms with Crippen LogP contribution in [0.2, 0.25) is 0 Å². The van der Waals surface area contributed by atoms with E-state index in [0.29, 0.717) is 5.57 Å². The van der Waals surface area contributed by atoms with Crippen LogP contribution in [-0.2, 0) is 52.3 Å². The third-order valence-corrected chi connectivity index (χ3v) is 14.2. The number of rotatable bonds is 4. The maximum absolute atomic E-state index is 14.1. The number of aliphatic hydroxyl groups excluding tert-OH is 2. The molecule has 15 heteroatoms. The lowest BCUT2D eigenvalue weighted by Crippen LogP contribution is -2.77.